The highest BCUT2D eigenvalue weighted by Gasteiger charge is 2.12. The number of aromatic amines is 1. The molecular weight excluding hydrogens is 397 g/mol. The van der Waals surface area contributed by atoms with Crippen molar-refractivity contribution in [2.24, 2.45) is 0 Å². The van der Waals surface area contributed by atoms with E-state index in [0.29, 0.717) is 22.2 Å². The minimum absolute atomic E-state index is 0.00830. The molecule has 146 valence electrons. The Kier molecular flexibility index (Phi) is 5.00. The highest BCUT2D eigenvalue weighted by Crippen LogP contribution is 2.21. The summed E-state index contributed by atoms with van der Waals surface area (Å²) < 4.78 is 18.3. The van der Waals surface area contributed by atoms with Gasteiger partial charge in [-0.1, -0.05) is 12.1 Å². The van der Waals surface area contributed by atoms with Crippen LogP contribution in [0.2, 0.25) is 0 Å². The number of benzene rings is 2. The molecule has 0 bridgehead atoms. The van der Waals surface area contributed by atoms with Crippen LogP contribution in [0.15, 0.2) is 58.1 Å². The molecule has 0 fully saturated rings. The Morgan fingerprint density at radius 1 is 1.10 bits per heavy atom. The number of amides is 1. The fourth-order valence-corrected chi connectivity index (χ4v) is 3.40. The Labute approximate surface area is 166 Å². The number of nitrogens with one attached hydrogen (secondary N) is 2. The Balaban J connectivity index is 1.44. The lowest BCUT2D eigenvalue weighted by Crippen LogP contribution is -2.31. The summed E-state index contributed by atoms with van der Waals surface area (Å²) in [5, 5.41) is 5.98. The Hall–Kier alpha value is -3.66. The molecule has 0 saturated heterocycles. The number of fused-ring (bicyclic) bond motifs is 1. The first-order chi connectivity index (χ1) is 14.0. The molecule has 10 heteroatoms. The average Bonchev–Trinajstić information content (AvgIpc) is 3.18. The molecule has 0 aliphatic heterocycles. The molecule has 4 rings (SSSR count). The molecule has 4 aromatic rings. The summed E-state index contributed by atoms with van der Waals surface area (Å²) >= 11 is 0.993. The minimum atomic E-state index is -0.395. The van der Waals surface area contributed by atoms with Gasteiger partial charge in [-0.05, 0) is 36.4 Å². The molecule has 0 saturated carbocycles. The molecule has 0 atom stereocenters. The summed E-state index contributed by atoms with van der Waals surface area (Å²) in [5.74, 6) is -0.368. The zero-order chi connectivity index (χ0) is 20.4. The van der Waals surface area contributed by atoms with Gasteiger partial charge in [0.05, 0.1) is 17.3 Å². The first-order valence-corrected chi connectivity index (χ1v) is 9.40. The van der Waals surface area contributed by atoms with Crippen LogP contribution in [0.1, 0.15) is 6.42 Å². The standard InChI is InChI=1S/C19H14FN5O3S/c20-12-7-5-11(6-8-12)16-22-19(29-24-16)21-15(26)9-10-25-18(28)14-4-2-1-3-13(14)17(27)23-25/h1-8H,9-10H2,(H,23,27)(H,21,22,24,26). The van der Waals surface area contributed by atoms with Crippen LogP contribution < -0.4 is 16.4 Å². The highest BCUT2D eigenvalue weighted by molar-refractivity contribution is 7.10. The molecule has 0 unspecified atom stereocenters. The second kappa shape index (κ2) is 7.76. The van der Waals surface area contributed by atoms with Gasteiger partial charge in [0.1, 0.15) is 5.82 Å². The number of aromatic nitrogens is 4. The maximum absolute atomic E-state index is 13.0. The molecule has 0 aliphatic carbocycles. The van der Waals surface area contributed by atoms with Gasteiger partial charge in [-0.3, -0.25) is 19.5 Å². The van der Waals surface area contributed by atoms with Crippen molar-refractivity contribution in [2.75, 3.05) is 5.32 Å². The van der Waals surface area contributed by atoms with Gasteiger partial charge in [-0.15, -0.1) is 0 Å². The first kappa shape index (κ1) is 18.7. The van der Waals surface area contributed by atoms with Crippen LogP contribution in [0, 0.1) is 5.82 Å². The number of aryl methyl sites for hydroxylation is 1. The number of anilines is 1. The predicted molar refractivity (Wildman–Crippen MR) is 107 cm³/mol. The molecular formula is C19H14FN5O3S. The lowest BCUT2D eigenvalue weighted by Gasteiger charge is -2.06. The number of halogens is 1. The zero-order valence-electron chi connectivity index (χ0n) is 14.9. The number of hydrogen-bond donors (Lipinski definition) is 2. The Bertz CT molecular complexity index is 1310. The summed E-state index contributed by atoms with van der Waals surface area (Å²) in [6.07, 6.45) is -0.0420. The van der Waals surface area contributed by atoms with Crippen LogP contribution in [-0.4, -0.2) is 25.0 Å². The topological polar surface area (TPSA) is 110 Å². The van der Waals surface area contributed by atoms with Crippen molar-refractivity contribution < 1.29 is 9.18 Å². The fraction of sp³-hybridized carbons (Fsp3) is 0.105. The number of carbonyl (C=O) groups excluding carboxylic acids is 1. The Morgan fingerprint density at radius 3 is 2.59 bits per heavy atom. The van der Waals surface area contributed by atoms with Crippen LogP contribution >= 0.6 is 11.5 Å². The SMILES string of the molecule is O=C(CCn1[nH]c(=O)c2ccccc2c1=O)Nc1nc(-c2ccc(F)cc2)ns1. The van der Waals surface area contributed by atoms with Crippen LogP contribution in [0.5, 0.6) is 0 Å². The largest absolute Gasteiger partial charge is 0.301 e. The van der Waals surface area contributed by atoms with E-state index in [-0.39, 0.29) is 35.4 Å². The van der Waals surface area contributed by atoms with Crippen LogP contribution in [0.25, 0.3) is 22.2 Å². The van der Waals surface area contributed by atoms with E-state index in [1.807, 2.05) is 0 Å². The quantitative estimate of drug-likeness (QED) is 0.524. The lowest BCUT2D eigenvalue weighted by molar-refractivity contribution is -0.116. The predicted octanol–water partition coefficient (Wildman–Crippen LogP) is 2.38. The fourth-order valence-electron chi connectivity index (χ4n) is 2.79. The smallest absolute Gasteiger partial charge is 0.273 e. The third kappa shape index (κ3) is 3.97. The summed E-state index contributed by atoms with van der Waals surface area (Å²) in [4.78, 5) is 41.0. The van der Waals surface area contributed by atoms with Crippen molar-refractivity contribution in [1.82, 2.24) is 19.1 Å². The minimum Gasteiger partial charge on any atom is -0.301 e. The molecule has 0 aliphatic rings. The van der Waals surface area contributed by atoms with E-state index >= 15 is 0 Å². The van der Waals surface area contributed by atoms with E-state index in [1.165, 1.54) is 12.1 Å². The highest BCUT2D eigenvalue weighted by atomic mass is 32.1. The van der Waals surface area contributed by atoms with Crippen LogP contribution in [-0.2, 0) is 11.3 Å². The number of hydrogen-bond acceptors (Lipinski definition) is 6. The van der Waals surface area contributed by atoms with Crippen molar-refractivity contribution in [2.45, 2.75) is 13.0 Å². The molecule has 2 aromatic carbocycles. The number of H-pyrrole nitrogens is 1. The summed E-state index contributed by atoms with van der Waals surface area (Å²) in [6.45, 7) is 0.00830. The number of rotatable bonds is 5. The maximum Gasteiger partial charge on any atom is 0.273 e. The maximum atomic E-state index is 13.0. The van der Waals surface area contributed by atoms with Gasteiger partial charge in [0.25, 0.3) is 11.1 Å². The van der Waals surface area contributed by atoms with Gasteiger partial charge in [0.2, 0.25) is 11.0 Å². The number of carbonyl (C=O) groups is 1. The van der Waals surface area contributed by atoms with Gasteiger partial charge in [-0.25, -0.2) is 9.07 Å². The summed E-state index contributed by atoms with van der Waals surface area (Å²) in [5.41, 5.74) is -0.139. The van der Waals surface area contributed by atoms with Crippen molar-refractivity contribution >= 4 is 33.3 Å². The molecule has 2 aromatic heterocycles. The van der Waals surface area contributed by atoms with Crippen LogP contribution in [0.3, 0.4) is 0 Å². The third-order valence-corrected chi connectivity index (χ3v) is 4.85. The molecule has 29 heavy (non-hydrogen) atoms. The molecule has 0 radical (unpaired) electrons. The van der Waals surface area contributed by atoms with E-state index < -0.39 is 5.56 Å². The molecule has 2 heterocycles. The van der Waals surface area contributed by atoms with Gasteiger partial charge in [-0.2, -0.15) is 9.36 Å². The van der Waals surface area contributed by atoms with E-state index in [0.717, 1.165) is 16.2 Å². The lowest BCUT2D eigenvalue weighted by atomic mass is 10.2. The van der Waals surface area contributed by atoms with Gasteiger partial charge < -0.3 is 5.32 Å². The zero-order valence-corrected chi connectivity index (χ0v) is 15.7. The molecule has 1 amide bonds. The second-order valence-electron chi connectivity index (χ2n) is 6.17. The first-order valence-electron chi connectivity index (χ1n) is 8.62. The summed E-state index contributed by atoms with van der Waals surface area (Å²) in [6, 6.07) is 12.2. The molecule has 0 spiro atoms. The monoisotopic (exact) mass is 411 g/mol. The summed E-state index contributed by atoms with van der Waals surface area (Å²) in [7, 11) is 0. The van der Waals surface area contributed by atoms with Gasteiger partial charge in [0, 0.05) is 23.5 Å². The average molecular weight is 411 g/mol. The van der Waals surface area contributed by atoms with Crippen molar-refractivity contribution in [3.05, 3.63) is 75.1 Å². The normalized spacial score (nSPS) is 10.9. The number of nitrogens with zero attached hydrogens (tertiary/aromatic N) is 3. The Morgan fingerprint density at radius 2 is 1.83 bits per heavy atom. The van der Waals surface area contributed by atoms with E-state index in [4.69, 9.17) is 0 Å². The van der Waals surface area contributed by atoms with E-state index in [9.17, 15) is 18.8 Å². The van der Waals surface area contributed by atoms with E-state index in [1.54, 1.807) is 36.4 Å². The van der Waals surface area contributed by atoms with Crippen LogP contribution in [0.4, 0.5) is 9.52 Å². The van der Waals surface area contributed by atoms with Crippen molar-refractivity contribution in [3.63, 3.8) is 0 Å². The van der Waals surface area contributed by atoms with Crippen molar-refractivity contribution in [1.29, 1.82) is 0 Å². The van der Waals surface area contributed by atoms with Gasteiger partial charge >= 0.3 is 0 Å². The van der Waals surface area contributed by atoms with Crippen molar-refractivity contribution in [3.8, 4) is 11.4 Å². The second-order valence-corrected chi connectivity index (χ2v) is 6.92. The molecule has 8 nitrogen and oxygen atoms in total. The van der Waals surface area contributed by atoms with Gasteiger partial charge in [0.15, 0.2) is 5.82 Å². The third-order valence-electron chi connectivity index (χ3n) is 4.22. The molecule has 2 N–H and O–H groups in total. The van der Waals surface area contributed by atoms with E-state index in [2.05, 4.69) is 19.8 Å².